The fourth-order valence-electron chi connectivity index (χ4n) is 5.58. The smallest absolute Gasteiger partial charge is 0.246 e. The lowest BCUT2D eigenvalue weighted by Crippen LogP contribution is -2.57. The molecule has 0 saturated heterocycles. The summed E-state index contributed by atoms with van der Waals surface area (Å²) in [5.41, 5.74) is 7.71. The highest BCUT2D eigenvalue weighted by atomic mass is 15.2. The molecule has 0 radical (unpaired) electrons. The molecule has 0 amide bonds. The minimum absolute atomic E-state index is 0.184. The van der Waals surface area contributed by atoms with Crippen LogP contribution in [0.1, 0.15) is 0 Å². The normalized spacial score (nSPS) is 12.6. The first-order chi connectivity index (χ1) is 16.9. The van der Waals surface area contributed by atoms with Gasteiger partial charge in [0.05, 0.1) is 5.69 Å². The van der Waals surface area contributed by atoms with E-state index in [1.54, 1.807) is 0 Å². The van der Waals surface area contributed by atoms with Gasteiger partial charge in [0.15, 0.2) is 0 Å². The van der Waals surface area contributed by atoms with E-state index in [1.165, 1.54) is 55.0 Å². The van der Waals surface area contributed by atoms with Crippen LogP contribution in [0.3, 0.4) is 0 Å². The molecule has 1 heterocycles. The van der Waals surface area contributed by atoms with Crippen LogP contribution >= 0.6 is 0 Å². The predicted octanol–water partition coefficient (Wildman–Crippen LogP) is 6.29. The third kappa shape index (κ3) is 2.89. The molecular weight excluding hydrogens is 409 g/mol. The molecule has 6 aromatic carbocycles. The first kappa shape index (κ1) is 19.2. The number of benzene rings is 6. The van der Waals surface area contributed by atoms with Crippen molar-refractivity contribution in [1.29, 1.82) is 0 Å². The van der Waals surface area contributed by atoms with E-state index in [4.69, 9.17) is 0 Å². The highest BCUT2D eigenvalue weighted by Gasteiger charge is 2.35. The number of rotatable bonds is 2. The molecule has 34 heavy (non-hydrogen) atoms. The van der Waals surface area contributed by atoms with Crippen LogP contribution in [-0.2, 0) is 0 Å². The quantitative estimate of drug-likeness (QED) is 0.291. The molecule has 0 fully saturated rings. The van der Waals surface area contributed by atoms with Crippen LogP contribution in [-0.4, -0.2) is 6.71 Å². The lowest BCUT2D eigenvalue weighted by atomic mass is 9.35. The van der Waals surface area contributed by atoms with Crippen LogP contribution in [0.15, 0.2) is 133 Å². The summed E-state index contributed by atoms with van der Waals surface area (Å²) in [6.07, 6.45) is 0. The zero-order valence-electron chi connectivity index (χ0n) is 18.7. The van der Waals surface area contributed by atoms with E-state index >= 15 is 0 Å². The van der Waals surface area contributed by atoms with Crippen LogP contribution in [0.25, 0.3) is 21.5 Å². The molecule has 0 bridgehead atoms. The van der Waals surface area contributed by atoms with Gasteiger partial charge in [-0.1, -0.05) is 121 Å². The average Bonchev–Trinajstić information content (AvgIpc) is 2.91. The highest BCUT2D eigenvalue weighted by molar-refractivity contribution is 6.98. The van der Waals surface area contributed by atoms with Crippen molar-refractivity contribution in [3.8, 4) is 0 Å². The molecule has 2 heteroatoms. The van der Waals surface area contributed by atoms with E-state index in [1.807, 2.05) is 0 Å². The van der Waals surface area contributed by atoms with Crippen molar-refractivity contribution in [2.75, 3.05) is 4.90 Å². The van der Waals surface area contributed by atoms with Gasteiger partial charge in [-0.15, -0.1) is 0 Å². The van der Waals surface area contributed by atoms with Crippen molar-refractivity contribution < 1.29 is 0 Å². The molecule has 0 saturated carbocycles. The van der Waals surface area contributed by atoms with E-state index in [0.29, 0.717) is 0 Å². The minimum Gasteiger partial charge on any atom is -0.311 e. The van der Waals surface area contributed by atoms with Gasteiger partial charge >= 0.3 is 0 Å². The molecule has 1 nitrogen and oxygen atoms in total. The molecule has 158 valence electrons. The van der Waals surface area contributed by atoms with E-state index in [0.717, 1.165) is 0 Å². The molecule has 1 aliphatic heterocycles. The summed E-state index contributed by atoms with van der Waals surface area (Å²) < 4.78 is 0. The number of anilines is 3. The van der Waals surface area contributed by atoms with Gasteiger partial charge in [0.1, 0.15) is 0 Å². The van der Waals surface area contributed by atoms with Crippen molar-refractivity contribution in [3.05, 3.63) is 133 Å². The van der Waals surface area contributed by atoms with Crippen molar-refractivity contribution in [2.24, 2.45) is 0 Å². The maximum absolute atomic E-state index is 2.45. The van der Waals surface area contributed by atoms with Gasteiger partial charge in [-0.25, -0.2) is 0 Å². The van der Waals surface area contributed by atoms with E-state index in [9.17, 15) is 0 Å². The van der Waals surface area contributed by atoms with E-state index in [-0.39, 0.29) is 6.71 Å². The number of para-hydroxylation sites is 2. The Morgan fingerprint density at radius 3 is 1.74 bits per heavy atom. The number of nitrogens with zero attached hydrogens (tertiary/aromatic N) is 1. The summed E-state index contributed by atoms with van der Waals surface area (Å²) in [6, 6.07) is 48.6. The topological polar surface area (TPSA) is 3.24 Å². The third-order valence-corrected chi connectivity index (χ3v) is 7.09. The van der Waals surface area contributed by atoms with Crippen LogP contribution in [0.5, 0.6) is 0 Å². The van der Waals surface area contributed by atoms with Gasteiger partial charge in [0, 0.05) is 16.8 Å². The standard InChI is InChI=1S/C32H22BN/c1-2-12-25-22-26(21-20-23(25)10-1)33-28-15-5-7-17-31(28)34(32-18-8-6-16-29(32)33)30-19-9-13-24-11-3-4-14-27(24)30/h1-22H. The second-order valence-electron chi connectivity index (χ2n) is 8.99. The molecule has 0 atom stereocenters. The lowest BCUT2D eigenvalue weighted by molar-refractivity contribution is 1.31. The summed E-state index contributed by atoms with van der Waals surface area (Å²) in [7, 11) is 0. The van der Waals surface area contributed by atoms with Crippen molar-refractivity contribution in [1.82, 2.24) is 0 Å². The second-order valence-corrected chi connectivity index (χ2v) is 8.99. The monoisotopic (exact) mass is 431 g/mol. The zero-order chi connectivity index (χ0) is 22.5. The molecule has 0 aromatic heterocycles. The van der Waals surface area contributed by atoms with Gasteiger partial charge < -0.3 is 4.90 Å². The Hall–Kier alpha value is -4.30. The largest absolute Gasteiger partial charge is 0.311 e. The first-order valence-electron chi connectivity index (χ1n) is 11.8. The van der Waals surface area contributed by atoms with Gasteiger partial charge in [-0.2, -0.15) is 0 Å². The Labute approximate surface area is 200 Å². The SMILES string of the molecule is c1ccc2c(c1)B(c1ccc3ccccc3c1)c1ccccc1N2c1cccc2ccccc12. The Balaban J connectivity index is 1.51. The van der Waals surface area contributed by atoms with Crippen LogP contribution in [0.2, 0.25) is 0 Å². The molecule has 1 aliphatic rings. The number of hydrogen-bond acceptors (Lipinski definition) is 1. The van der Waals surface area contributed by atoms with E-state index in [2.05, 4.69) is 138 Å². The summed E-state index contributed by atoms with van der Waals surface area (Å²) in [4.78, 5) is 2.45. The van der Waals surface area contributed by atoms with Crippen molar-refractivity contribution in [3.63, 3.8) is 0 Å². The molecule has 0 spiro atoms. The molecule has 6 aromatic rings. The average molecular weight is 431 g/mol. The zero-order valence-corrected chi connectivity index (χ0v) is 18.7. The molecule has 7 rings (SSSR count). The van der Waals surface area contributed by atoms with Crippen LogP contribution in [0.4, 0.5) is 17.1 Å². The fourth-order valence-corrected chi connectivity index (χ4v) is 5.58. The Kier molecular flexibility index (Phi) is 4.31. The fraction of sp³-hybridized carbons (Fsp3) is 0. The summed E-state index contributed by atoms with van der Waals surface area (Å²) in [6.45, 7) is 0.184. The maximum Gasteiger partial charge on any atom is 0.246 e. The molecule has 0 aliphatic carbocycles. The Morgan fingerprint density at radius 2 is 0.971 bits per heavy atom. The van der Waals surface area contributed by atoms with Gasteiger partial charge in [0.2, 0.25) is 6.71 Å². The van der Waals surface area contributed by atoms with Crippen molar-refractivity contribution in [2.45, 2.75) is 0 Å². The van der Waals surface area contributed by atoms with Crippen LogP contribution < -0.4 is 21.3 Å². The highest BCUT2D eigenvalue weighted by Crippen LogP contribution is 2.39. The molecule has 0 N–H and O–H groups in total. The van der Waals surface area contributed by atoms with Gasteiger partial charge in [0.25, 0.3) is 0 Å². The molecular formula is C32H22BN. The first-order valence-corrected chi connectivity index (χ1v) is 11.8. The number of fused-ring (bicyclic) bond motifs is 4. The predicted molar refractivity (Wildman–Crippen MR) is 147 cm³/mol. The number of hydrogen-bond donors (Lipinski definition) is 0. The second kappa shape index (κ2) is 7.64. The maximum atomic E-state index is 2.45. The van der Waals surface area contributed by atoms with Crippen molar-refractivity contribution >= 4 is 61.7 Å². The summed E-state index contributed by atoms with van der Waals surface area (Å²) in [5.74, 6) is 0. The lowest BCUT2D eigenvalue weighted by Gasteiger charge is -2.37. The Bertz CT molecular complexity index is 1630. The van der Waals surface area contributed by atoms with Gasteiger partial charge in [-0.05, 0) is 45.3 Å². The Morgan fingerprint density at radius 1 is 0.412 bits per heavy atom. The van der Waals surface area contributed by atoms with Crippen LogP contribution in [0, 0.1) is 0 Å². The summed E-state index contributed by atoms with van der Waals surface area (Å²) >= 11 is 0. The minimum atomic E-state index is 0.184. The summed E-state index contributed by atoms with van der Waals surface area (Å²) in [5, 5.41) is 5.08. The van der Waals surface area contributed by atoms with E-state index < -0.39 is 0 Å². The third-order valence-electron chi connectivity index (χ3n) is 7.09. The van der Waals surface area contributed by atoms with Gasteiger partial charge in [-0.3, -0.25) is 0 Å². The molecule has 0 unspecified atom stereocenters.